The Balaban J connectivity index is 1.98. The maximum atomic E-state index is 13.9. The normalized spacial score (nSPS) is 10.6. The Hall–Kier alpha value is -1.97. The third kappa shape index (κ3) is 3.89. The van der Waals surface area contributed by atoms with Crippen LogP contribution in [0, 0.1) is 9.39 Å². The van der Waals surface area contributed by atoms with Crippen LogP contribution in [0.4, 0.5) is 9.39 Å². The van der Waals surface area contributed by atoms with E-state index in [0.29, 0.717) is 19.7 Å². The lowest BCUT2D eigenvalue weighted by atomic mass is 10.0. The number of aromatic carboxylic acids is 1. The first-order valence-corrected chi connectivity index (χ1v) is 9.57. The van der Waals surface area contributed by atoms with Crippen molar-refractivity contribution in [2.45, 2.75) is 0 Å². The smallest absolute Gasteiger partial charge is 0.339 e. The largest absolute Gasteiger partial charge is 0.478 e. The summed E-state index contributed by atoms with van der Waals surface area (Å²) in [5.41, 5.74) is 0.924. The van der Waals surface area contributed by atoms with Gasteiger partial charge in [-0.2, -0.15) is 0 Å². The maximum absolute atomic E-state index is 13.9. The second-order valence-electron chi connectivity index (χ2n) is 5.24. The van der Waals surface area contributed by atoms with Crippen LogP contribution in [0.1, 0.15) is 20.7 Å². The highest BCUT2D eigenvalue weighted by Gasteiger charge is 2.22. The van der Waals surface area contributed by atoms with Gasteiger partial charge in [-0.05, 0) is 58.5 Å². The molecule has 0 saturated carbocycles. The summed E-state index contributed by atoms with van der Waals surface area (Å²) in [7, 11) is 0. The summed E-state index contributed by atoms with van der Waals surface area (Å²) in [5, 5.41) is 14.4. The van der Waals surface area contributed by atoms with Crippen LogP contribution in [-0.2, 0) is 0 Å². The second-order valence-corrected chi connectivity index (χ2v) is 7.81. The van der Waals surface area contributed by atoms with Crippen LogP contribution < -0.4 is 5.32 Å². The molecular weight excluding hydrogens is 492 g/mol. The molecule has 3 aromatic rings. The van der Waals surface area contributed by atoms with Crippen LogP contribution in [0.15, 0.2) is 47.8 Å². The van der Waals surface area contributed by atoms with Crippen molar-refractivity contribution < 1.29 is 19.1 Å². The van der Waals surface area contributed by atoms with E-state index in [1.807, 2.05) is 22.6 Å². The number of hydrogen-bond acceptors (Lipinski definition) is 3. The summed E-state index contributed by atoms with van der Waals surface area (Å²) < 4.78 is 14.6. The van der Waals surface area contributed by atoms with Crippen molar-refractivity contribution in [1.82, 2.24) is 0 Å². The minimum absolute atomic E-state index is 0.0447. The summed E-state index contributed by atoms with van der Waals surface area (Å²) >= 11 is 8.90. The number of thiophene rings is 1. The number of rotatable bonds is 4. The molecule has 0 bridgehead atoms. The van der Waals surface area contributed by atoms with Crippen LogP contribution in [0.5, 0.6) is 0 Å². The number of halogens is 3. The Kier molecular flexibility index (Phi) is 5.59. The Morgan fingerprint density at radius 1 is 1.15 bits per heavy atom. The predicted octanol–water partition coefficient (Wildman–Crippen LogP) is 5.76. The van der Waals surface area contributed by atoms with Gasteiger partial charge in [0.1, 0.15) is 16.4 Å². The van der Waals surface area contributed by atoms with E-state index in [9.17, 15) is 19.1 Å². The molecule has 0 aliphatic rings. The topological polar surface area (TPSA) is 66.4 Å². The molecule has 0 aliphatic carbocycles. The molecular formula is C18H10ClFINO3S. The van der Waals surface area contributed by atoms with Crippen LogP contribution in [-0.4, -0.2) is 17.0 Å². The first-order valence-electron chi connectivity index (χ1n) is 7.24. The van der Waals surface area contributed by atoms with E-state index in [2.05, 4.69) is 5.32 Å². The molecule has 26 heavy (non-hydrogen) atoms. The van der Waals surface area contributed by atoms with Crippen LogP contribution in [0.3, 0.4) is 0 Å². The minimum Gasteiger partial charge on any atom is -0.478 e. The van der Waals surface area contributed by atoms with Gasteiger partial charge in [-0.25, -0.2) is 9.18 Å². The van der Waals surface area contributed by atoms with Crippen LogP contribution >= 0.6 is 45.5 Å². The molecule has 8 heteroatoms. The zero-order chi connectivity index (χ0) is 18.8. The Labute approximate surface area is 170 Å². The first kappa shape index (κ1) is 18.8. The zero-order valence-electron chi connectivity index (χ0n) is 12.9. The highest BCUT2D eigenvalue weighted by Crippen LogP contribution is 2.36. The standard InChI is InChI=1S/C18H10ClFINO3S/c19-10-3-1-9(2-4-10)13-8-26-17(15(13)18(24)25)22-16(23)12-7-11(21)5-6-14(12)20/h1-8H,(H,22,23)(H,24,25). The monoisotopic (exact) mass is 501 g/mol. The van der Waals surface area contributed by atoms with Gasteiger partial charge < -0.3 is 10.4 Å². The van der Waals surface area contributed by atoms with E-state index in [-0.39, 0.29) is 16.1 Å². The number of amides is 1. The number of nitrogens with one attached hydrogen (secondary N) is 1. The lowest BCUT2D eigenvalue weighted by molar-refractivity contribution is 0.0699. The van der Waals surface area contributed by atoms with Crippen molar-refractivity contribution in [1.29, 1.82) is 0 Å². The number of carboxylic acid groups (broad SMARTS) is 1. The lowest BCUT2D eigenvalue weighted by Gasteiger charge is -2.07. The lowest BCUT2D eigenvalue weighted by Crippen LogP contribution is -2.15. The molecule has 2 N–H and O–H groups in total. The van der Waals surface area contributed by atoms with Crippen molar-refractivity contribution in [2.24, 2.45) is 0 Å². The molecule has 0 unspecified atom stereocenters. The fourth-order valence-electron chi connectivity index (χ4n) is 2.35. The molecule has 0 spiro atoms. The van der Waals surface area contributed by atoms with Crippen molar-refractivity contribution >= 4 is 62.4 Å². The van der Waals surface area contributed by atoms with Crippen molar-refractivity contribution in [3.05, 3.63) is 73.4 Å². The molecule has 4 nitrogen and oxygen atoms in total. The van der Waals surface area contributed by atoms with Gasteiger partial charge in [-0.3, -0.25) is 4.79 Å². The van der Waals surface area contributed by atoms with Crippen molar-refractivity contribution in [3.63, 3.8) is 0 Å². The molecule has 3 rings (SSSR count). The molecule has 0 atom stereocenters. The fraction of sp³-hybridized carbons (Fsp3) is 0. The maximum Gasteiger partial charge on any atom is 0.339 e. The van der Waals surface area contributed by atoms with E-state index >= 15 is 0 Å². The quantitative estimate of drug-likeness (QED) is 0.447. The molecule has 1 aromatic heterocycles. The number of benzene rings is 2. The molecule has 0 fully saturated rings. The first-order chi connectivity index (χ1) is 12.4. The summed E-state index contributed by atoms with van der Waals surface area (Å²) in [4.78, 5) is 24.1. The molecule has 132 valence electrons. The predicted molar refractivity (Wildman–Crippen MR) is 109 cm³/mol. The van der Waals surface area contributed by atoms with Gasteiger partial charge in [0.2, 0.25) is 0 Å². The number of hydrogen-bond donors (Lipinski definition) is 2. The summed E-state index contributed by atoms with van der Waals surface area (Å²) in [6.45, 7) is 0. The molecule has 0 radical (unpaired) electrons. The third-order valence-corrected chi connectivity index (χ3v) is 5.38. The zero-order valence-corrected chi connectivity index (χ0v) is 16.7. The van der Waals surface area contributed by atoms with Gasteiger partial charge in [0, 0.05) is 19.5 Å². The Morgan fingerprint density at radius 2 is 1.85 bits per heavy atom. The number of carboxylic acids is 1. The van der Waals surface area contributed by atoms with Crippen molar-refractivity contribution in [2.75, 3.05) is 5.32 Å². The highest BCUT2D eigenvalue weighted by molar-refractivity contribution is 14.1. The van der Waals surface area contributed by atoms with Crippen LogP contribution in [0.25, 0.3) is 11.1 Å². The number of anilines is 1. The molecule has 1 heterocycles. The molecule has 0 saturated heterocycles. The van der Waals surface area contributed by atoms with Crippen molar-refractivity contribution in [3.8, 4) is 11.1 Å². The summed E-state index contributed by atoms with van der Waals surface area (Å²) in [5.74, 6) is -2.56. The van der Waals surface area contributed by atoms with Gasteiger partial charge in [0.05, 0.1) is 5.56 Å². The van der Waals surface area contributed by atoms with E-state index in [0.717, 1.165) is 11.3 Å². The average Bonchev–Trinajstić information content (AvgIpc) is 3.01. The van der Waals surface area contributed by atoms with E-state index in [1.165, 1.54) is 12.1 Å². The third-order valence-electron chi connectivity index (χ3n) is 3.56. The molecule has 2 aromatic carbocycles. The second kappa shape index (κ2) is 7.73. The van der Waals surface area contributed by atoms with Gasteiger partial charge in [-0.1, -0.05) is 23.7 Å². The Bertz CT molecular complexity index is 1000. The van der Waals surface area contributed by atoms with Gasteiger partial charge in [0.25, 0.3) is 5.91 Å². The summed E-state index contributed by atoms with van der Waals surface area (Å²) in [6.07, 6.45) is 0. The number of carbonyl (C=O) groups is 2. The minimum atomic E-state index is -1.19. The SMILES string of the molecule is O=C(Nc1scc(-c2ccc(Cl)cc2)c1C(=O)O)c1cc(I)ccc1F. The van der Waals surface area contributed by atoms with E-state index in [1.54, 1.807) is 35.7 Å². The van der Waals surface area contributed by atoms with Gasteiger partial charge in [-0.15, -0.1) is 11.3 Å². The highest BCUT2D eigenvalue weighted by atomic mass is 127. The van der Waals surface area contributed by atoms with Crippen LogP contribution in [0.2, 0.25) is 5.02 Å². The van der Waals surface area contributed by atoms with Gasteiger partial charge in [0.15, 0.2) is 0 Å². The van der Waals surface area contributed by atoms with E-state index < -0.39 is 17.7 Å². The average molecular weight is 502 g/mol. The van der Waals surface area contributed by atoms with Gasteiger partial charge >= 0.3 is 5.97 Å². The summed E-state index contributed by atoms with van der Waals surface area (Å²) in [6, 6.07) is 10.8. The Morgan fingerprint density at radius 3 is 2.50 bits per heavy atom. The molecule has 1 amide bonds. The molecule has 0 aliphatic heterocycles. The van der Waals surface area contributed by atoms with E-state index in [4.69, 9.17) is 11.6 Å². The fourth-order valence-corrected chi connectivity index (χ4v) is 3.92. The number of carbonyl (C=O) groups excluding carboxylic acids is 1.